The van der Waals surface area contributed by atoms with Gasteiger partial charge in [0, 0.05) is 5.70 Å². The first-order valence-electron chi connectivity index (χ1n) is 8.36. The molecule has 2 aromatic rings. The minimum absolute atomic E-state index is 0.309. The van der Waals surface area contributed by atoms with E-state index in [4.69, 9.17) is 21.7 Å². The van der Waals surface area contributed by atoms with Gasteiger partial charge in [-0.2, -0.15) is 0 Å². The summed E-state index contributed by atoms with van der Waals surface area (Å²) < 4.78 is 11.1. The molecule has 3 rings (SSSR count). The van der Waals surface area contributed by atoms with Crippen molar-refractivity contribution < 1.29 is 14.3 Å². The molecule has 0 radical (unpaired) electrons. The smallest absolute Gasteiger partial charge is 0.338 e. The Labute approximate surface area is 158 Å². The van der Waals surface area contributed by atoms with Gasteiger partial charge in [-0.05, 0) is 55.9 Å². The monoisotopic (exact) mass is 368 g/mol. The fourth-order valence-corrected chi connectivity index (χ4v) is 3.08. The van der Waals surface area contributed by atoms with E-state index in [2.05, 4.69) is 10.6 Å². The normalized spacial score (nSPS) is 16.5. The first kappa shape index (κ1) is 17.9. The molecule has 134 valence electrons. The third-order valence-electron chi connectivity index (χ3n) is 3.93. The van der Waals surface area contributed by atoms with Gasteiger partial charge in [0.15, 0.2) is 5.11 Å². The second-order valence-corrected chi connectivity index (χ2v) is 6.19. The molecule has 0 spiro atoms. The van der Waals surface area contributed by atoms with E-state index in [1.165, 1.54) is 0 Å². The third-order valence-corrected chi connectivity index (χ3v) is 4.15. The number of esters is 1. The Balaban J connectivity index is 1.93. The molecule has 0 aliphatic carbocycles. The Morgan fingerprint density at radius 2 is 1.85 bits per heavy atom. The maximum Gasteiger partial charge on any atom is 0.338 e. The average Bonchev–Trinajstić information content (AvgIpc) is 2.62. The van der Waals surface area contributed by atoms with Crippen molar-refractivity contribution in [2.45, 2.75) is 19.9 Å². The van der Waals surface area contributed by atoms with Gasteiger partial charge in [-0.15, -0.1) is 0 Å². The Morgan fingerprint density at radius 3 is 2.58 bits per heavy atom. The number of hydrogen-bond acceptors (Lipinski definition) is 4. The first-order chi connectivity index (χ1) is 12.6. The van der Waals surface area contributed by atoms with Crippen molar-refractivity contribution in [3.8, 4) is 11.5 Å². The van der Waals surface area contributed by atoms with E-state index in [9.17, 15) is 4.79 Å². The predicted molar refractivity (Wildman–Crippen MR) is 104 cm³/mol. The van der Waals surface area contributed by atoms with Crippen molar-refractivity contribution >= 4 is 23.3 Å². The molecule has 0 aromatic heterocycles. The lowest BCUT2D eigenvalue weighted by Gasteiger charge is -2.30. The van der Waals surface area contributed by atoms with Gasteiger partial charge < -0.3 is 20.1 Å². The SMILES string of the molecule is CCOC(=O)C1=C(C)NC(=S)N[C@H]1c1cccc(Oc2ccccc2)c1. The molecule has 1 heterocycles. The number of rotatable bonds is 5. The van der Waals surface area contributed by atoms with Crippen LogP contribution in [0.25, 0.3) is 0 Å². The molecule has 0 amide bonds. The molecule has 26 heavy (non-hydrogen) atoms. The lowest BCUT2D eigenvalue weighted by atomic mass is 9.95. The van der Waals surface area contributed by atoms with Crippen molar-refractivity contribution in [3.63, 3.8) is 0 Å². The first-order valence-corrected chi connectivity index (χ1v) is 8.77. The number of benzene rings is 2. The molecule has 1 atom stereocenters. The molecule has 2 N–H and O–H groups in total. The van der Waals surface area contributed by atoms with Gasteiger partial charge in [-0.25, -0.2) is 4.79 Å². The molecular formula is C20H20N2O3S. The summed E-state index contributed by atoms with van der Waals surface area (Å²) in [6.45, 7) is 3.91. The fourth-order valence-electron chi connectivity index (χ4n) is 2.81. The molecule has 6 heteroatoms. The summed E-state index contributed by atoms with van der Waals surface area (Å²) in [5, 5.41) is 6.61. The van der Waals surface area contributed by atoms with Crippen LogP contribution in [0.15, 0.2) is 65.9 Å². The predicted octanol–water partition coefficient (Wildman–Crippen LogP) is 3.83. The van der Waals surface area contributed by atoms with E-state index in [1.807, 2.05) is 61.5 Å². The van der Waals surface area contributed by atoms with E-state index < -0.39 is 6.04 Å². The van der Waals surface area contributed by atoms with E-state index >= 15 is 0 Å². The maximum atomic E-state index is 12.4. The van der Waals surface area contributed by atoms with Crippen LogP contribution in [-0.2, 0) is 9.53 Å². The standard InChI is InChI=1S/C20H20N2O3S/c1-3-24-19(23)17-13(2)21-20(26)22-18(17)14-8-7-11-16(12-14)25-15-9-5-4-6-10-15/h4-12,18H,3H2,1-2H3,(H2,21,22,26)/t18-/m0/s1. The minimum atomic E-state index is -0.401. The van der Waals surface area contributed by atoms with Crippen LogP contribution >= 0.6 is 12.2 Å². The second kappa shape index (κ2) is 8.01. The van der Waals surface area contributed by atoms with Gasteiger partial charge in [0.2, 0.25) is 0 Å². The van der Waals surface area contributed by atoms with E-state index in [0.29, 0.717) is 28.7 Å². The van der Waals surface area contributed by atoms with Crippen LogP contribution in [0.5, 0.6) is 11.5 Å². The zero-order valence-electron chi connectivity index (χ0n) is 14.6. The van der Waals surface area contributed by atoms with Crippen LogP contribution in [0.1, 0.15) is 25.5 Å². The fraction of sp³-hybridized carbons (Fsp3) is 0.200. The van der Waals surface area contributed by atoms with E-state index in [-0.39, 0.29) is 5.97 Å². The Hall–Kier alpha value is -2.86. The molecular weight excluding hydrogens is 348 g/mol. The summed E-state index contributed by atoms with van der Waals surface area (Å²) in [6, 6.07) is 16.7. The van der Waals surface area contributed by atoms with Gasteiger partial charge in [0.25, 0.3) is 0 Å². The highest BCUT2D eigenvalue weighted by Crippen LogP contribution is 2.31. The minimum Gasteiger partial charge on any atom is -0.463 e. The molecule has 2 aromatic carbocycles. The zero-order chi connectivity index (χ0) is 18.5. The number of carbonyl (C=O) groups is 1. The summed E-state index contributed by atoms with van der Waals surface area (Å²) >= 11 is 5.26. The molecule has 0 saturated heterocycles. The van der Waals surface area contributed by atoms with Crippen LogP contribution in [0, 0.1) is 0 Å². The van der Waals surface area contributed by atoms with Gasteiger partial charge >= 0.3 is 5.97 Å². The lowest BCUT2D eigenvalue weighted by molar-refractivity contribution is -0.139. The van der Waals surface area contributed by atoms with Gasteiger partial charge in [0.05, 0.1) is 18.2 Å². The molecule has 5 nitrogen and oxygen atoms in total. The Bertz CT molecular complexity index is 849. The largest absolute Gasteiger partial charge is 0.463 e. The summed E-state index contributed by atoms with van der Waals surface area (Å²) in [4.78, 5) is 12.4. The van der Waals surface area contributed by atoms with Crippen LogP contribution < -0.4 is 15.4 Å². The van der Waals surface area contributed by atoms with Crippen LogP contribution in [0.4, 0.5) is 0 Å². The molecule has 0 saturated carbocycles. The average molecular weight is 368 g/mol. The molecule has 1 aliphatic rings. The summed E-state index contributed by atoms with van der Waals surface area (Å²) in [6.07, 6.45) is 0. The van der Waals surface area contributed by atoms with Crippen LogP contribution in [0.2, 0.25) is 0 Å². The van der Waals surface area contributed by atoms with Gasteiger partial charge in [0.1, 0.15) is 11.5 Å². The number of thiocarbonyl (C=S) groups is 1. The van der Waals surface area contributed by atoms with Gasteiger partial charge in [-0.3, -0.25) is 0 Å². The molecule has 0 bridgehead atoms. The Morgan fingerprint density at radius 1 is 1.12 bits per heavy atom. The third kappa shape index (κ3) is 4.03. The highest BCUT2D eigenvalue weighted by atomic mass is 32.1. The summed E-state index contributed by atoms with van der Waals surface area (Å²) in [7, 11) is 0. The van der Waals surface area contributed by atoms with Crippen molar-refractivity contribution in [2.75, 3.05) is 6.61 Å². The van der Waals surface area contributed by atoms with Crippen LogP contribution in [0.3, 0.4) is 0 Å². The quantitative estimate of drug-likeness (QED) is 0.618. The number of allylic oxidation sites excluding steroid dienone is 1. The molecule has 1 aliphatic heterocycles. The van der Waals surface area contributed by atoms with Crippen molar-refractivity contribution in [2.24, 2.45) is 0 Å². The number of carbonyl (C=O) groups excluding carboxylic acids is 1. The van der Waals surface area contributed by atoms with E-state index in [1.54, 1.807) is 6.92 Å². The number of hydrogen-bond donors (Lipinski definition) is 2. The number of para-hydroxylation sites is 1. The Kier molecular flexibility index (Phi) is 5.53. The topological polar surface area (TPSA) is 59.6 Å². The highest BCUT2D eigenvalue weighted by molar-refractivity contribution is 7.80. The number of nitrogens with one attached hydrogen (secondary N) is 2. The van der Waals surface area contributed by atoms with Gasteiger partial charge in [-0.1, -0.05) is 30.3 Å². The summed E-state index contributed by atoms with van der Waals surface area (Å²) in [5.41, 5.74) is 2.06. The maximum absolute atomic E-state index is 12.4. The van der Waals surface area contributed by atoms with Crippen molar-refractivity contribution in [1.82, 2.24) is 10.6 Å². The molecule has 0 unspecified atom stereocenters. The van der Waals surface area contributed by atoms with Crippen LogP contribution in [-0.4, -0.2) is 17.7 Å². The second-order valence-electron chi connectivity index (χ2n) is 5.78. The molecule has 0 fully saturated rings. The van der Waals surface area contributed by atoms with Crippen molar-refractivity contribution in [3.05, 3.63) is 71.4 Å². The van der Waals surface area contributed by atoms with E-state index in [0.717, 1.165) is 11.3 Å². The zero-order valence-corrected chi connectivity index (χ0v) is 15.4. The number of ether oxygens (including phenoxy) is 2. The lowest BCUT2D eigenvalue weighted by Crippen LogP contribution is -2.45. The highest BCUT2D eigenvalue weighted by Gasteiger charge is 2.31. The van der Waals surface area contributed by atoms with Crippen molar-refractivity contribution in [1.29, 1.82) is 0 Å². The summed E-state index contributed by atoms with van der Waals surface area (Å²) in [5.74, 6) is 1.06.